The van der Waals surface area contributed by atoms with E-state index in [2.05, 4.69) is 15.5 Å². The van der Waals surface area contributed by atoms with Crippen LogP contribution in [-0.4, -0.2) is 62.9 Å². The van der Waals surface area contributed by atoms with Crippen LogP contribution in [-0.2, 0) is 22.7 Å². The van der Waals surface area contributed by atoms with Gasteiger partial charge in [-0.3, -0.25) is 14.0 Å². The van der Waals surface area contributed by atoms with Gasteiger partial charge in [-0.1, -0.05) is 0 Å². The summed E-state index contributed by atoms with van der Waals surface area (Å²) >= 11 is 0. The lowest BCUT2D eigenvalue weighted by Crippen LogP contribution is -2.46. The van der Waals surface area contributed by atoms with Crippen LogP contribution in [0, 0.1) is 0 Å². The van der Waals surface area contributed by atoms with E-state index in [0.29, 0.717) is 31.9 Å². The van der Waals surface area contributed by atoms with Gasteiger partial charge in [0, 0.05) is 12.6 Å². The minimum Gasteiger partial charge on any atom is -0.363 e. The molecule has 0 aromatic carbocycles. The maximum Gasteiger partial charge on any atom is 0.289 e. The van der Waals surface area contributed by atoms with Gasteiger partial charge in [0.05, 0.1) is 26.2 Å². The van der Waals surface area contributed by atoms with Crippen molar-refractivity contribution < 1.29 is 18.7 Å². The molecule has 2 aliphatic heterocycles. The minimum absolute atomic E-state index is 0.000421. The number of hydrogen-bond donors (Lipinski definition) is 1. The molecular formula is C15H22FN5O3. The maximum absolute atomic E-state index is 12.4. The summed E-state index contributed by atoms with van der Waals surface area (Å²) in [5.41, 5.74) is -0.561. The van der Waals surface area contributed by atoms with Crippen molar-refractivity contribution in [1.82, 2.24) is 25.0 Å². The first-order valence-electron chi connectivity index (χ1n) is 8.15. The smallest absolute Gasteiger partial charge is 0.289 e. The standard InChI is InChI=1S/C15H22FN5O3/c1-10(2)17-14(23)13-19-18-11-7-24-15(9-21(11)13)4-6-20(8-15)12(22)3-5-16/h10H,3-9H2,1-2H3,(H,17,23). The molecule has 1 N–H and O–H groups in total. The predicted molar refractivity (Wildman–Crippen MR) is 81.9 cm³/mol. The quantitative estimate of drug-likeness (QED) is 0.851. The number of alkyl halides is 1. The zero-order valence-corrected chi connectivity index (χ0v) is 13.9. The molecular weight excluding hydrogens is 317 g/mol. The molecule has 1 aromatic heterocycles. The summed E-state index contributed by atoms with van der Waals surface area (Å²) in [5.74, 6) is 0.382. The fourth-order valence-electron chi connectivity index (χ4n) is 3.20. The number of nitrogens with zero attached hydrogens (tertiary/aromatic N) is 4. The Labute approximate surface area is 139 Å². The van der Waals surface area contributed by atoms with Crippen LogP contribution in [0.4, 0.5) is 4.39 Å². The lowest BCUT2D eigenvalue weighted by atomic mass is 10.0. The summed E-state index contributed by atoms with van der Waals surface area (Å²) in [6.45, 7) is 4.68. The van der Waals surface area contributed by atoms with Crippen molar-refractivity contribution in [2.75, 3.05) is 19.8 Å². The summed E-state index contributed by atoms with van der Waals surface area (Å²) in [4.78, 5) is 25.8. The summed E-state index contributed by atoms with van der Waals surface area (Å²) in [5, 5.41) is 10.8. The first kappa shape index (κ1) is 16.8. The molecule has 0 saturated carbocycles. The van der Waals surface area contributed by atoms with Gasteiger partial charge in [-0.05, 0) is 20.3 Å². The van der Waals surface area contributed by atoms with Crippen LogP contribution in [0.25, 0.3) is 0 Å². The molecule has 24 heavy (non-hydrogen) atoms. The lowest BCUT2D eigenvalue weighted by Gasteiger charge is -2.34. The van der Waals surface area contributed by atoms with Crippen LogP contribution >= 0.6 is 0 Å². The van der Waals surface area contributed by atoms with Crippen molar-refractivity contribution in [3.05, 3.63) is 11.6 Å². The third-order valence-corrected chi connectivity index (χ3v) is 4.38. The molecule has 3 rings (SSSR count). The molecule has 3 heterocycles. The molecule has 8 nitrogen and oxygen atoms in total. The molecule has 1 aromatic rings. The van der Waals surface area contributed by atoms with E-state index in [4.69, 9.17) is 4.74 Å². The van der Waals surface area contributed by atoms with Crippen molar-refractivity contribution in [3.8, 4) is 0 Å². The number of hydrogen-bond acceptors (Lipinski definition) is 5. The number of rotatable bonds is 4. The van der Waals surface area contributed by atoms with E-state index >= 15 is 0 Å². The molecule has 0 aliphatic carbocycles. The van der Waals surface area contributed by atoms with Gasteiger partial charge in [0.2, 0.25) is 11.7 Å². The number of aromatic nitrogens is 3. The zero-order chi connectivity index (χ0) is 17.3. The number of fused-ring (bicyclic) bond motifs is 1. The number of ether oxygens (including phenoxy) is 1. The van der Waals surface area contributed by atoms with E-state index in [1.807, 2.05) is 13.8 Å². The van der Waals surface area contributed by atoms with Crippen LogP contribution in [0.2, 0.25) is 0 Å². The second-order valence-electron chi connectivity index (χ2n) is 6.63. The molecule has 0 radical (unpaired) electrons. The number of likely N-dealkylation sites (tertiary alicyclic amines) is 1. The van der Waals surface area contributed by atoms with Gasteiger partial charge in [0.15, 0.2) is 5.82 Å². The SMILES string of the molecule is CC(C)NC(=O)c1nnc2n1CC1(CCN(C(=O)CCF)C1)OC2. The maximum atomic E-state index is 12.4. The van der Waals surface area contributed by atoms with Crippen molar-refractivity contribution in [2.45, 2.75) is 51.5 Å². The Bertz CT molecular complexity index is 647. The van der Waals surface area contributed by atoms with Crippen molar-refractivity contribution in [3.63, 3.8) is 0 Å². The Morgan fingerprint density at radius 2 is 2.17 bits per heavy atom. The Hall–Kier alpha value is -2.03. The normalized spacial score (nSPS) is 22.9. The van der Waals surface area contributed by atoms with E-state index in [1.165, 1.54) is 0 Å². The fraction of sp³-hybridized carbons (Fsp3) is 0.733. The average molecular weight is 339 g/mol. The molecule has 9 heteroatoms. The number of nitrogens with one attached hydrogen (secondary N) is 1. The number of carbonyl (C=O) groups excluding carboxylic acids is 2. The third-order valence-electron chi connectivity index (χ3n) is 4.38. The van der Waals surface area contributed by atoms with Crippen LogP contribution < -0.4 is 5.32 Å². The predicted octanol–water partition coefficient (Wildman–Crippen LogP) is 0.277. The summed E-state index contributed by atoms with van der Waals surface area (Å²) in [6.07, 6.45) is 0.546. The van der Waals surface area contributed by atoms with Crippen molar-refractivity contribution >= 4 is 11.8 Å². The Kier molecular flexibility index (Phi) is 4.53. The molecule has 1 atom stereocenters. The molecule has 132 valence electrons. The van der Waals surface area contributed by atoms with Gasteiger partial charge < -0.3 is 19.5 Å². The number of amides is 2. The second-order valence-corrected chi connectivity index (χ2v) is 6.63. The zero-order valence-electron chi connectivity index (χ0n) is 13.9. The van der Waals surface area contributed by atoms with Crippen molar-refractivity contribution in [1.29, 1.82) is 0 Å². The van der Waals surface area contributed by atoms with E-state index in [1.54, 1.807) is 9.47 Å². The van der Waals surface area contributed by atoms with E-state index in [-0.39, 0.29) is 36.7 Å². The number of carbonyl (C=O) groups is 2. The van der Waals surface area contributed by atoms with Gasteiger partial charge in [-0.15, -0.1) is 10.2 Å². The van der Waals surface area contributed by atoms with Crippen LogP contribution in [0.5, 0.6) is 0 Å². The van der Waals surface area contributed by atoms with E-state index < -0.39 is 12.3 Å². The van der Waals surface area contributed by atoms with Gasteiger partial charge in [-0.2, -0.15) is 0 Å². The molecule has 1 saturated heterocycles. The minimum atomic E-state index is -0.654. The van der Waals surface area contributed by atoms with Gasteiger partial charge in [0.1, 0.15) is 12.2 Å². The first-order valence-corrected chi connectivity index (χ1v) is 8.15. The molecule has 2 aliphatic rings. The molecule has 0 bridgehead atoms. The second kappa shape index (κ2) is 6.46. The summed E-state index contributed by atoms with van der Waals surface area (Å²) in [7, 11) is 0. The highest BCUT2D eigenvalue weighted by Gasteiger charge is 2.45. The van der Waals surface area contributed by atoms with Crippen LogP contribution in [0.3, 0.4) is 0 Å². The lowest BCUT2D eigenvalue weighted by molar-refractivity contribution is -0.133. The van der Waals surface area contributed by atoms with Crippen LogP contribution in [0.15, 0.2) is 0 Å². The Balaban J connectivity index is 1.76. The Morgan fingerprint density at radius 3 is 2.88 bits per heavy atom. The Morgan fingerprint density at radius 1 is 1.38 bits per heavy atom. The molecule has 2 amide bonds. The molecule has 1 unspecified atom stereocenters. The van der Waals surface area contributed by atoms with Gasteiger partial charge in [0.25, 0.3) is 5.91 Å². The van der Waals surface area contributed by atoms with E-state index in [0.717, 1.165) is 0 Å². The highest BCUT2D eigenvalue weighted by atomic mass is 19.1. The highest BCUT2D eigenvalue weighted by Crippen LogP contribution is 2.32. The van der Waals surface area contributed by atoms with Gasteiger partial charge >= 0.3 is 0 Å². The first-order chi connectivity index (χ1) is 11.4. The number of halogens is 1. The third kappa shape index (κ3) is 3.12. The van der Waals surface area contributed by atoms with E-state index in [9.17, 15) is 14.0 Å². The largest absolute Gasteiger partial charge is 0.363 e. The summed E-state index contributed by atoms with van der Waals surface area (Å²) in [6, 6.07) is -0.000421. The molecule has 1 spiro atoms. The summed E-state index contributed by atoms with van der Waals surface area (Å²) < 4.78 is 20.1. The topological polar surface area (TPSA) is 89.4 Å². The van der Waals surface area contributed by atoms with Gasteiger partial charge in [-0.25, -0.2) is 0 Å². The molecule has 1 fully saturated rings. The highest BCUT2D eigenvalue weighted by molar-refractivity contribution is 5.90. The fourth-order valence-corrected chi connectivity index (χ4v) is 3.20. The van der Waals surface area contributed by atoms with Crippen molar-refractivity contribution in [2.24, 2.45) is 0 Å². The van der Waals surface area contributed by atoms with Crippen LogP contribution in [0.1, 0.15) is 43.1 Å². The monoisotopic (exact) mass is 339 g/mol. The average Bonchev–Trinajstić information content (AvgIpc) is 3.11.